The molecule has 1 fully saturated rings. The lowest BCUT2D eigenvalue weighted by molar-refractivity contribution is -0.151. The predicted molar refractivity (Wildman–Crippen MR) is 73.1 cm³/mol. The molecule has 1 aromatic carbocycles. The van der Waals surface area contributed by atoms with Gasteiger partial charge >= 0.3 is 5.97 Å². The number of carbonyl (C=O) groups excluding carboxylic acids is 1. The molecule has 5 heteroatoms. The van der Waals surface area contributed by atoms with E-state index in [1.807, 2.05) is 0 Å². The molecule has 0 amide bonds. The zero-order valence-corrected chi connectivity index (χ0v) is 12.0. The van der Waals surface area contributed by atoms with Crippen LogP contribution in [0.5, 0.6) is 5.75 Å². The molecule has 4 nitrogen and oxygen atoms in total. The number of carbonyl (C=O) groups is 1. The van der Waals surface area contributed by atoms with Gasteiger partial charge in [0.15, 0.2) is 0 Å². The second kappa shape index (κ2) is 5.79. The van der Waals surface area contributed by atoms with Gasteiger partial charge in [0.1, 0.15) is 17.1 Å². The van der Waals surface area contributed by atoms with E-state index in [0.717, 1.165) is 12.8 Å². The first-order valence-electron chi connectivity index (χ1n) is 6.80. The summed E-state index contributed by atoms with van der Waals surface area (Å²) in [7, 11) is 1.46. The lowest BCUT2D eigenvalue weighted by Crippen LogP contribution is -2.49. The summed E-state index contributed by atoms with van der Waals surface area (Å²) in [5.74, 6) is -0.628. The van der Waals surface area contributed by atoms with E-state index >= 15 is 0 Å². The highest BCUT2D eigenvalue weighted by Gasteiger charge is 2.44. The second-order valence-electron chi connectivity index (χ2n) is 5.08. The number of halogens is 1. The molecule has 1 saturated carbocycles. The van der Waals surface area contributed by atoms with E-state index in [2.05, 4.69) is 5.32 Å². The highest BCUT2D eigenvalue weighted by molar-refractivity contribution is 5.83. The third kappa shape index (κ3) is 2.77. The van der Waals surface area contributed by atoms with Crippen molar-refractivity contribution in [2.75, 3.05) is 13.7 Å². The minimum Gasteiger partial charge on any atom is -0.496 e. The van der Waals surface area contributed by atoms with E-state index in [-0.39, 0.29) is 18.2 Å². The molecular weight excluding hydrogens is 261 g/mol. The van der Waals surface area contributed by atoms with Crippen molar-refractivity contribution in [3.63, 3.8) is 0 Å². The van der Waals surface area contributed by atoms with Crippen LogP contribution < -0.4 is 10.1 Å². The Morgan fingerprint density at radius 1 is 1.50 bits per heavy atom. The van der Waals surface area contributed by atoms with Gasteiger partial charge in [0.25, 0.3) is 0 Å². The summed E-state index contributed by atoms with van der Waals surface area (Å²) < 4.78 is 24.6. The molecule has 1 aliphatic carbocycles. The van der Waals surface area contributed by atoms with Gasteiger partial charge in [-0.2, -0.15) is 0 Å². The van der Waals surface area contributed by atoms with Crippen molar-refractivity contribution in [3.8, 4) is 5.75 Å². The Hall–Kier alpha value is -1.62. The molecule has 1 N–H and O–H groups in total. The van der Waals surface area contributed by atoms with Crippen molar-refractivity contribution >= 4 is 5.97 Å². The molecule has 1 aliphatic rings. The first-order valence-corrected chi connectivity index (χ1v) is 6.80. The van der Waals surface area contributed by atoms with Crippen LogP contribution in [0.15, 0.2) is 18.2 Å². The minimum atomic E-state index is -1.24. The maximum absolute atomic E-state index is 14.3. The smallest absolute Gasteiger partial charge is 0.330 e. The Balaban J connectivity index is 2.47. The van der Waals surface area contributed by atoms with Gasteiger partial charge < -0.3 is 9.47 Å². The van der Waals surface area contributed by atoms with Crippen LogP contribution in [0.2, 0.25) is 0 Å². The number of esters is 1. The number of methoxy groups -OCH3 is 1. The minimum absolute atomic E-state index is 0.202. The molecule has 0 heterocycles. The third-order valence-electron chi connectivity index (χ3n) is 3.45. The molecule has 0 radical (unpaired) electrons. The number of hydrogen-bond acceptors (Lipinski definition) is 4. The normalized spacial score (nSPS) is 17.4. The molecule has 0 aliphatic heterocycles. The van der Waals surface area contributed by atoms with E-state index in [1.165, 1.54) is 13.2 Å². The molecule has 1 atom stereocenters. The van der Waals surface area contributed by atoms with Gasteiger partial charge in [-0.25, -0.2) is 9.18 Å². The van der Waals surface area contributed by atoms with Crippen LogP contribution in [0.3, 0.4) is 0 Å². The Labute approximate surface area is 118 Å². The zero-order valence-electron chi connectivity index (χ0n) is 12.0. The molecule has 2 rings (SSSR count). The lowest BCUT2D eigenvalue weighted by Gasteiger charge is -2.30. The number of benzene rings is 1. The maximum Gasteiger partial charge on any atom is 0.330 e. The Morgan fingerprint density at radius 2 is 2.20 bits per heavy atom. The van der Waals surface area contributed by atoms with Crippen LogP contribution in [0.25, 0.3) is 0 Å². The highest BCUT2D eigenvalue weighted by atomic mass is 19.1. The van der Waals surface area contributed by atoms with Crippen molar-refractivity contribution in [3.05, 3.63) is 29.6 Å². The van der Waals surface area contributed by atoms with Crippen molar-refractivity contribution < 1.29 is 18.7 Å². The van der Waals surface area contributed by atoms with Crippen LogP contribution in [0, 0.1) is 5.82 Å². The van der Waals surface area contributed by atoms with Crippen LogP contribution in [0.1, 0.15) is 32.3 Å². The number of hydrogen-bond donors (Lipinski definition) is 1. The van der Waals surface area contributed by atoms with Gasteiger partial charge in [0, 0.05) is 6.04 Å². The van der Waals surface area contributed by atoms with E-state index in [4.69, 9.17) is 9.47 Å². The molecule has 0 saturated heterocycles. The fourth-order valence-electron chi connectivity index (χ4n) is 2.30. The van der Waals surface area contributed by atoms with Crippen molar-refractivity contribution in [1.29, 1.82) is 0 Å². The van der Waals surface area contributed by atoms with Crippen molar-refractivity contribution in [1.82, 2.24) is 5.32 Å². The summed E-state index contributed by atoms with van der Waals surface area (Å²) >= 11 is 0. The van der Waals surface area contributed by atoms with Crippen molar-refractivity contribution in [2.45, 2.75) is 38.3 Å². The second-order valence-corrected chi connectivity index (χ2v) is 5.08. The number of rotatable bonds is 6. The summed E-state index contributed by atoms with van der Waals surface area (Å²) in [6.45, 7) is 3.62. The van der Waals surface area contributed by atoms with Crippen LogP contribution in [0.4, 0.5) is 4.39 Å². The summed E-state index contributed by atoms with van der Waals surface area (Å²) in [6.07, 6.45) is 1.96. The van der Waals surface area contributed by atoms with Gasteiger partial charge in [-0.15, -0.1) is 0 Å². The van der Waals surface area contributed by atoms with E-state index in [0.29, 0.717) is 5.75 Å². The Bertz CT molecular complexity index is 502. The number of nitrogens with one attached hydrogen (secondary N) is 1. The SMILES string of the molecule is CCOC(=O)C(C)(NC1CC1)c1c(F)cccc1OC. The first kappa shape index (κ1) is 14.8. The molecule has 0 bridgehead atoms. The molecule has 0 aromatic heterocycles. The quantitative estimate of drug-likeness (QED) is 0.813. The van der Waals surface area contributed by atoms with E-state index in [1.54, 1.807) is 26.0 Å². The fraction of sp³-hybridized carbons (Fsp3) is 0.533. The van der Waals surface area contributed by atoms with Crippen molar-refractivity contribution in [2.24, 2.45) is 0 Å². The van der Waals surface area contributed by atoms with Crippen LogP contribution in [-0.2, 0) is 15.1 Å². The summed E-state index contributed by atoms with van der Waals surface area (Å²) in [5, 5.41) is 3.19. The molecular formula is C15H20FNO3. The van der Waals surface area contributed by atoms with Gasteiger partial charge in [0.2, 0.25) is 0 Å². The third-order valence-corrected chi connectivity index (χ3v) is 3.45. The molecule has 110 valence electrons. The number of ether oxygens (including phenoxy) is 2. The van der Waals surface area contributed by atoms with Gasteiger partial charge in [-0.05, 0) is 38.8 Å². The van der Waals surface area contributed by atoms with E-state index in [9.17, 15) is 9.18 Å². The van der Waals surface area contributed by atoms with Gasteiger partial charge in [-0.1, -0.05) is 6.07 Å². The summed E-state index contributed by atoms with van der Waals surface area (Å²) in [5.41, 5.74) is -1.04. The predicted octanol–water partition coefficient (Wildman–Crippen LogP) is 2.36. The standard InChI is InChI=1S/C15H20FNO3/c1-4-20-14(18)15(2,17-10-8-9-10)13-11(16)6-5-7-12(13)19-3/h5-7,10,17H,4,8-9H2,1-3H3. The maximum atomic E-state index is 14.3. The van der Waals surface area contributed by atoms with E-state index < -0.39 is 17.3 Å². The Kier molecular flexibility index (Phi) is 4.28. The van der Waals surface area contributed by atoms with Crippen LogP contribution >= 0.6 is 0 Å². The summed E-state index contributed by atoms with van der Waals surface area (Å²) in [6, 6.07) is 4.74. The fourth-order valence-corrected chi connectivity index (χ4v) is 2.30. The summed E-state index contributed by atoms with van der Waals surface area (Å²) in [4.78, 5) is 12.3. The largest absolute Gasteiger partial charge is 0.496 e. The zero-order chi connectivity index (χ0) is 14.8. The van der Waals surface area contributed by atoms with Gasteiger partial charge in [0.05, 0.1) is 19.3 Å². The Morgan fingerprint density at radius 3 is 2.75 bits per heavy atom. The van der Waals surface area contributed by atoms with Gasteiger partial charge in [-0.3, -0.25) is 5.32 Å². The average molecular weight is 281 g/mol. The monoisotopic (exact) mass is 281 g/mol. The first-order chi connectivity index (χ1) is 9.52. The van der Waals surface area contributed by atoms with Crippen LogP contribution in [-0.4, -0.2) is 25.7 Å². The molecule has 0 spiro atoms. The molecule has 1 aromatic rings. The highest BCUT2D eigenvalue weighted by Crippen LogP contribution is 2.36. The topological polar surface area (TPSA) is 47.6 Å². The molecule has 1 unspecified atom stereocenters. The average Bonchev–Trinajstić information content (AvgIpc) is 3.22. The lowest BCUT2D eigenvalue weighted by atomic mass is 9.90. The molecule has 20 heavy (non-hydrogen) atoms.